The van der Waals surface area contributed by atoms with Crippen molar-refractivity contribution in [2.24, 2.45) is 5.73 Å². The fraction of sp³-hybridized carbons (Fsp3) is 0.615. The number of nitrogens with two attached hydrogens (primary N) is 1. The molecule has 1 aromatic rings. The first kappa shape index (κ1) is 11.8. The van der Waals surface area contributed by atoms with E-state index >= 15 is 0 Å². The SMILES string of the molecule is NC1(C(=O)CCc2cccs2)CCCCC1. The summed E-state index contributed by atoms with van der Waals surface area (Å²) in [6.07, 6.45) is 6.69. The van der Waals surface area contributed by atoms with E-state index in [9.17, 15) is 4.79 Å². The van der Waals surface area contributed by atoms with Crippen molar-refractivity contribution in [2.75, 3.05) is 0 Å². The molecule has 2 nitrogen and oxygen atoms in total. The molecular formula is C13H19NOS. The Labute approximate surface area is 101 Å². The third-order valence-corrected chi connectivity index (χ3v) is 4.42. The Bertz CT molecular complexity index is 339. The molecule has 0 saturated heterocycles. The quantitative estimate of drug-likeness (QED) is 0.875. The molecule has 0 atom stereocenters. The van der Waals surface area contributed by atoms with Crippen molar-refractivity contribution >= 4 is 17.1 Å². The third-order valence-electron chi connectivity index (χ3n) is 3.48. The van der Waals surface area contributed by atoms with E-state index in [1.54, 1.807) is 11.3 Å². The van der Waals surface area contributed by atoms with E-state index in [0.717, 1.165) is 32.1 Å². The van der Waals surface area contributed by atoms with Crippen molar-refractivity contribution in [3.8, 4) is 0 Å². The van der Waals surface area contributed by atoms with E-state index in [2.05, 4.69) is 11.4 Å². The van der Waals surface area contributed by atoms with Gasteiger partial charge in [0.1, 0.15) is 0 Å². The number of thiophene rings is 1. The van der Waals surface area contributed by atoms with Gasteiger partial charge in [0.25, 0.3) is 0 Å². The smallest absolute Gasteiger partial charge is 0.153 e. The first-order valence-electron chi connectivity index (χ1n) is 6.05. The van der Waals surface area contributed by atoms with Crippen LogP contribution in [0.1, 0.15) is 43.4 Å². The molecule has 1 heterocycles. The van der Waals surface area contributed by atoms with E-state index in [1.807, 2.05) is 6.07 Å². The van der Waals surface area contributed by atoms with Crippen molar-refractivity contribution < 1.29 is 4.79 Å². The van der Waals surface area contributed by atoms with Gasteiger partial charge in [0.15, 0.2) is 5.78 Å². The van der Waals surface area contributed by atoms with E-state index in [-0.39, 0.29) is 5.78 Å². The van der Waals surface area contributed by atoms with Gasteiger partial charge in [0.2, 0.25) is 0 Å². The molecule has 1 aromatic heterocycles. The van der Waals surface area contributed by atoms with Crippen LogP contribution in [0.2, 0.25) is 0 Å². The molecule has 1 aliphatic rings. The molecule has 0 radical (unpaired) electrons. The molecule has 2 rings (SSSR count). The Kier molecular flexibility index (Phi) is 3.77. The molecule has 2 N–H and O–H groups in total. The van der Waals surface area contributed by atoms with Crippen molar-refractivity contribution in [2.45, 2.75) is 50.5 Å². The summed E-state index contributed by atoms with van der Waals surface area (Å²) < 4.78 is 0. The number of carbonyl (C=O) groups excluding carboxylic acids is 1. The molecule has 1 aliphatic carbocycles. The first-order valence-corrected chi connectivity index (χ1v) is 6.93. The first-order chi connectivity index (χ1) is 7.71. The topological polar surface area (TPSA) is 43.1 Å². The van der Waals surface area contributed by atoms with Gasteiger partial charge < -0.3 is 5.73 Å². The van der Waals surface area contributed by atoms with Gasteiger partial charge in [-0.3, -0.25) is 4.79 Å². The van der Waals surface area contributed by atoms with Crippen LogP contribution in [-0.2, 0) is 11.2 Å². The number of aryl methyl sites for hydroxylation is 1. The molecule has 1 saturated carbocycles. The highest BCUT2D eigenvalue weighted by molar-refractivity contribution is 7.09. The summed E-state index contributed by atoms with van der Waals surface area (Å²) in [5.41, 5.74) is 5.69. The van der Waals surface area contributed by atoms with Crippen molar-refractivity contribution in [1.29, 1.82) is 0 Å². The van der Waals surface area contributed by atoms with Crippen LogP contribution in [0.5, 0.6) is 0 Å². The predicted molar refractivity (Wildman–Crippen MR) is 67.7 cm³/mol. The van der Waals surface area contributed by atoms with Crippen LogP contribution < -0.4 is 5.73 Å². The molecule has 0 unspecified atom stereocenters. The summed E-state index contributed by atoms with van der Waals surface area (Å²) in [7, 11) is 0. The number of Topliss-reactive ketones (excluding diaryl/α,β-unsaturated/α-hetero) is 1. The highest BCUT2D eigenvalue weighted by Crippen LogP contribution is 2.28. The van der Waals surface area contributed by atoms with Gasteiger partial charge in [-0.25, -0.2) is 0 Å². The minimum absolute atomic E-state index is 0.264. The maximum atomic E-state index is 12.1. The van der Waals surface area contributed by atoms with Crippen LogP contribution >= 0.6 is 11.3 Å². The lowest BCUT2D eigenvalue weighted by molar-refractivity contribution is -0.125. The second kappa shape index (κ2) is 5.11. The average molecular weight is 237 g/mol. The molecule has 0 aliphatic heterocycles. The zero-order valence-corrected chi connectivity index (χ0v) is 10.4. The lowest BCUT2D eigenvalue weighted by atomic mass is 9.78. The lowest BCUT2D eigenvalue weighted by Gasteiger charge is -2.31. The van der Waals surface area contributed by atoms with Crippen molar-refractivity contribution in [3.05, 3.63) is 22.4 Å². The third kappa shape index (κ3) is 2.71. The van der Waals surface area contributed by atoms with Gasteiger partial charge in [0, 0.05) is 11.3 Å². The summed E-state index contributed by atoms with van der Waals surface area (Å²) in [4.78, 5) is 13.4. The largest absolute Gasteiger partial charge is 0.319 e. The predicted octanol–water partition coefficient (Wildman–Crippen LogP) is 2.91. The average Bonchev–Trinajstić information content (AvgIpc) is 2.79. The number of rotatable bonds is 4. The number of carbonyl (C=O) groups is 1. The molecular weight excluding hydrogens is 218 g/mol. The monoisotopic (exact) mass is 237 g/mol. The van der Waals surface area contributed by atoms with Gasteiger partial charge in [-0.1, -0.05) is 25.3 Å². The Morgan fingerprint density at radius 2 is 2.12 bits per heavy atom. The summed E-state index contributed by atoms with van der Waals surface area (Å²) in [5.74, 6) is 0.264. The zero-order valence-electron chi connectivity index (χ0n) is 9.58. The minimum Gasteiger partial charge on any atom is -0.319 e. The van der Waals surface area contributed by atoms with Crippen LogP contribution in [0.3, 0.4) is 0 Å². The molecule has 88 valence electrons. The zero-order chi connectivity index (χ0) is 11.4. The van der Waals surface area contributed by atoms with E-state index in [4.69, 9.17) is 5.73 Å². The van der Waals surface area contributed by atoms with Crippen LogP contribution in [0, 0.1) is 0 Å². The fourth-order valence-corrected chi connectivity index (χ4v) is 3.11. The van der Waals surface area contributed by atoms with E-state index in [0.29, 0.717) is 6.42 Å². The molecule has 3 heteroatoms. The fourth-order valence-electron chi connectivity index (χ4n) is 2.40. The van der Waals surface area contributed by atoms with Crippen LogP contribution in [0.15, 0.2) is 17.5 Å². The summed E-state index contributed by atoms with van der Waals surface area (Å²) >= 11 is 1.72. The van der Waals surface area contributed by atoms with Crippen molar-refractivity contribution in [3.63, 3.8) is 0 Å². The molecule has 0 amide bonds. The standard InChI is InChI=1S/C13H19NOS/c14-13(8-2-1-3-9-13)12(15)7-6-11-5-4-10-16-11/h4-5,10H,1-3,6-9,14H2. The molecule has 0 aromatic carbocycles. The minimum atomic E-state index is -0.504. The highest BCUT2D eigenvalue weighted by atomic mass is 32.1. The maximum absolute atomic E-state index is 12.1. The van der Waals surface area contributed by atoms with E-state index in [1.165, 1.54) is 11.3 Å². The normalized spacial score (nSPS) is 19.6. The number of hydrogen-bond donors (Lipinski definition) is 1. The lowest BCUT2D eigenvalue weighted by Crippen LogP contribution is -2.49. The molecule has 0 bridgehead atoms. The van der Waals surface area contributed by atoms with Gasteiger partial charge in [-0.2, -0.15) is 0 Å². The van der Waals surface area contributed by atoms with Crippen LogP contribution in [0.4, 0.5) is 0 Å². The van der Waals surface area contributed by atoms with Crippen molar-refractivity contribution in [1.82, 2.24) is 0 Å². The van der Waals surface area contributed by atoms with Crippen LogP contribution in [-0.4, -0.2) is 11.3 Å². The highest BCUT2D eigenvalue weighted by Gasteiger charge is 2.34. The van der Waals surface area contributed by atoms with Gasteiger partial charge >= 0.3 is 0 Å². The maximum Gasteiger partial charge on any atom is 0.153 e. The molecule has 16 heavy (non-hydrogen) atoms. The van der Waals surface area contributed by atoms with E-state index < -0.39 is 5.54 Å². The van der Waals surface area contributed by atoms with Gasteiger partial charge in [-0.15, -0.1) is 11.3 Å². The van der Waals surface area contributed by atoms with Gasteiger partial charge in [0.05, 0.1) is 5.54 Å². The Balaban J connectivity index is 1.87. The molecule has 0 spiro atoms. The molecule has 1 fully saturated rings. The summed E-state index contributed by atoms with van der Waals surface area (Å²) in [5, 5.41) is 2.05. The second-order valence-corrected chi connectivity index (χ2v) is 5.75. The van der Waals surface area contributed by atoms with Gasteiger partial charge in [-0.05, 0) is 30.7 Å². The Morgan fingerprint density at radius 1 is 1.38 bits per heavy atom. The number of hydrogen-bond acceptors (Lipinski definition) is 3. The number of ketones is 1. The summed E-state index contributed by atoms with van der Waals surface area (Å²) in [6.45, 7) is 0. The second-order valence-electron chi connectivity index (χ2n) is 4.72. The van der Waals surface area contributed by atoms with Crippen LogP contribution in [0.25, 0.3) is 0 Å². The Hall–Kier alpha value is -0.670. The summed E-state index contributed by atoms with van der Waals surface area (Å²) in [6, 6.07) is 4.12. The Morgan fingerprint density at radius 3 is 2.75 bits per heavy atom.